The zero-order chi connectivity index (χ0) is 18.7. The van der Waals surface area contributed by atoms with Crippen LogP contribution in [-0.2, 0) is 7.05 Å². The second kappa shape index (κ2) is 7.63. The van der Waals surface area contributed by atoms with Crippen molar-refractivity contribution >= 4 is 34.3 Å². The SMILES string of the molecule is C/C(=N\N=c1\scc(-c2ccc([N+](=O)[O-])cc2)n1C)c1ccc(Cl)cc1. The van der Waals surface area contributed by atoms with Crippen LogP contribution in [0.25, 0.3) is 11.3 Å². The van der Waals surface area contributed by atoms with Crippen molar-refractivity contribution in [2.75, 3.05) is 0 Å². The minimum atomic E-state index is -0.410. The van der Waals surface area contributed by atoms with Gasteiger partial charge >= 0.3 is 0 Å². The van der Waals surface area contributed by atoms with E-state index in [0.717, 1.165) is 27.3 Å². The monoisotopic (exact) mass is 386 g/mol. The third-order valence-corrected chi connectivity index (χ3v) is 5.01. The zero-order valence-electron chi connectivity index (χ0n) is 14.1. The molecule has 3 aromatic rings. The summed E-state index contributed by atoms with van der Waals surface area (Å²) in [6.45, 7) is 1.89. The van der Waals surface area contributed by atoms with Crippen LogP contribution >= 0.6 is 22.9 Å². The number of halogens is 1. The number of thiazole rings is 1. The summed E-state index contributed by atoms with van der Waals surface area (Å²) >= 11 is 7.35. The van der Waals surface area contributed by atoms with Crippen molar-refractivity contribution in [3.05, 3.63) is 79.4 Å². The van der Waals surface area contributed by atoms with Crippen LogP contribution in [0.3, 0.4) is 0 Å². The lowest BCUT2D eigenvalue weighted by Gasteiger charge is -2.02. The van der Waals surface area contributed by atoms with Crippen molar-refractivity contribution in [3.8, 4) is 11.3 Å². The standard InChI is InChI=1S/C18H15ClN4O2S/c1-12(13-3-7-15(19)8-4-13)20-21-18-22(2)17(11-26-18)14-5-9-16(10-6-14)23(24)25/h3-11H,1-2H3/b20-12+,21-18+. The van der Waals surface area contributed by atoms with E-state index < -0.39 is 4.92 Å². The Balaban J connectivity index is 1.90. The summed E-state index contributed by atoms with van der Waals surface area (Å²) in [5.74, 6) is 0. The first kappa shape index (κ1) is 18.0. The molecule has 0 aliphatic heterocycles. The Labute approximate surface area is 158 Å². The van der Waals surface area contributed by atoms with E-state index in [2.05, 4.69) is 10.2 Å². The highest BCUT2D eigenvalue weighted by molar-refractivity contribution is 7.07. The summed E-state index contributed by atoms with van der Waals surface area (Å²) in [7, 11) is 1.89. The van der Waals surface area contributed by atoms with Gasteiger partial charge in [-0.1, -0.05) is 23.7 Å². The lowest BCUT2D eigenvalue weighted by atomic mass is 10.1. The number of hydrogen-bond donors (Lipinski definition) is 0. The van der Waals surface area contributed by atoms with Crippen LogP contribution in [0.4, 0.5) is 5.69 Å². The first-order valence-electron chi connectivity index (χ1n) is 7.69. The Morgan fingerprint density at radius 1 is 1.15 bits per heavy atom. The van der Waals surface area contributed by atoms with Gasteiger partial charge in [-0.3, -0.25) is 10.1 Å². The molecule has 0 unspecified atom stereocenters. The highest BCUT2D eigenvalue weighted by Crippen LogP contribution is 2.22. The van der Waals surface area contributed by atoms with E-state index in [4.69, 9.17) is 11.6 Å². The number of rotatable bonds is 4. The Bertz CT molecular complexity index is 1030. The smallest absolute Gasteiger partial charge is 0.269 e. The summed E-state index contributed by atoms with van der Waals surface area (Å²) in [4.78, 5) is 11.1. The van der Waals surface area contributed by atoms with E-state index >= 15 is 0 Å². The number of aromatic nitrogens is 1. The van der Waals surface area contributed by atoms with Crippen LogP contribution in [0.1, 0.15) is 12.5 Å². The van der Waals surface area contributed by atoms with Gasteiger partial charge in [-0.2, -0.15) is 5.10 Å². The first-order chi connectivity index (χ1) is 12.5. The number of nitro benzene ring substituents is 1. The van der Waals surface area contributed by atoms with E-state index in [9.17, 15) is 10.1 Å². The minimum Gasteiger partial charge on any atom is -0.318 e. The Kier molecular flexibility index (Phi) is 5.29. The first-order valence-corrected chi connectivity index (χ1v) is 8.95. The van der Waals surface area contributed by atoms with Crippen LogP contribution < -0.4 is 4.80 Å². The molecule has 132 valence electrons. The van der Waals surface area contributed by atoms with Crippen molar-refractivity contribution in [1.29, 1.82) is 0 Å². The predicted molar refractivity (Wildman–Crippen MR) is 105 cm³/mol. The van der Waals surface area contributed by atoms with Crippen molar-refractivity contribution in [2.24, 2.45) is 17.3 Å². The number of nitrogens with zero attached hydrogens (tertiary/aromatic N) is 4. The van der Waals surface area contributed by atoms with Gasteiger partial charge in [0.05, 0.1) is 16.3 Å². The molecule has 0 aliphatic rings. The molecule has 0 bridgehead atoms. The molecule has 0 N–H and O–H groups in total. The van der Waals surface area contributed by atoms with Crippen molar-refractivity contribution in [2.45, 2.75) is 6.92 Å². The normalized spacial score (nSPS) is 12.4. The lowest BCUT2D eigenvalue weighted by molar-refractivity contribution is -0.384. The number of nitro groups is 1. The Morgan fingerprint density at radius 2 is 1.81 bits per heavy atom. The molecule has 1 heterocycles. The topological polar surface area (TPSA) is 72.8 Å². The quantitative estimate of drug-likeness (QED) is 0.372. The average molecular weight is 387 g/mol. The maximum absolute atomic E-state index is 10.8. The van der Waals surface area contributed by atoms with Gasteiger partial charge in [0.1, 0.15) is 0 Å². The second-order valence-electron chi connectivity index (χ2n) is 5.56. The van der Waals surface area contributed by atoms with E-state index in [1.54, 1.807) is 12.1 Å². The highest BCUT2D eigenvalue weighted by atomic mass is 35.5. The fourth-order valence-corrected chi connectivity index (χ4v) is 3.32. The summed E-state index contributed by atoms with van der Waals surface area (Å²) < 4.78 is 1.91. The maximum atomic E-state index is 10.8. The van der Waals surface area contributed by atoms with Crippen molar-refractivity contribution < 1.29 is 4.92 Å². The maximum Gasteiger partial charge on any atom is 0.269 e. The molecule has 2 aromatic carbocycles. The number of benzene rings is 2. The molecule has 6 nitrogen and oxygen atoms in total. The molecule has 3 rings (SSSR count). The van der Waals surface area contributed by atoms with Crippen LogP contribution in [0, 0.1) is 10.1 Å². The van der Waals surface area contributed by atoms with Crippen molar-refractivity contribution in [3.63, 3.8) is 0 Å². The molecule has 26 heavy (non-hydrogen) atoms. The van der Waals surface area contributed by atoms with Gasteiger partial charge in [-0.25, -0.2) is 0 Å². The third kappa shape index (κ3) is 3.89. The summed E-state index contributed by atoms with van der Waals surface area (Å²) in [6.07, 6.45) is 0. The second-order valence-corrected chi connectivity index (χ2v) is 6.83. The van der Waals surface area contributed by atoms with Gasteiger partial charge in [0.2, 0.25) is 4.80 Å². The van der Waals surface area contributed by atoms with Gasteiger partial charge in [-0.05, 0) is 42.3 Å². The average Bonchev–Trinajstić information content (AvgIpc) is 3.01. The van der Waals surface area contributed by atoms with Crippen molar-refractivity contribution in [1.82, 2.24) is 4.57 Å². The Hall–Kier alpha value is -2.77. The third-order valence-electron chi connectivity index (χ3n) is 3.85. The molecule has 0 spiro atoms. The van der Waals surface area contributed by atoms with Gasteiger partial charge < -0.3 is 4.57 Å². The summed E-state index contributed by atoms with van der Waals surface area (Å²) in [5, 5.41) is 22.0. The van der Waals surface area contributed by atoms with Gasteiger partial charge in [0.15, 0.2) is 0 Å². The molecular formula is C18H15ClN4O2S. The highest BCUT2D eigenvalue weighted by Gasteiger charge is 2.08. The fourth-order valence-electron chi connectivity index (χ4n) is 2.34. The van der Waals surface area contributed by atoms with E-state index in [-0.39, 0.29) is 5.69 Å². The zero-order valence-corrected chi connectivity index (χ0v) is 15.7. The van der Waals surface area contributed by atoms with E-state index in [1.807, 2.05) is 48.2 Å². The molecule has 8 heteroatoms. The van der Waals surface area contributed by atoms with E-state index in [0.29, 0.717) is 5.02 Å². The van der Waals surface area contributed by atoms with Crippen LogP contribution in [0.15, 0.2) is 64.1 Å². The van der Waals surface area contributed by atoms with Crippen LogP contribution in [0.2, 0.25) is 5.02 Å². The summed E-state index contributed by atoms with van der Waals surface area (Å²) in [5.41, 5.74) is 3.61. The van der Waals surface area contributed by atoms with Gasteiger partial charge in [0.25, 0.3) is 5.69 Å². The molecule has 0 atom stereocenters. The molecule has 0 fully saturated rings. The molecular weight excluding hydrogens is 372 g/mol. The predicted octanol–water partition coefficient (Wildman–Crippen LogP) is 4.64. The Morgan fingerprint density at radius 3 is 2.42 bits per heavy atom. The molecule has 0 saturated heterocycles. The number of hydrogen-bond acceptors (Lipinski definition) is 5. The van der Waals surface area contributed by atoms with Gasteiger partial charge in [-0.15, -0.1) is 16.4 Å². The molecule has 0 aliphatic carbocycles. The molecule has 0 saturated carbocycles. The molecule has 1 aromatic heterocycles. The fraction of sp³-hybridized carbons (Fsp3) is 0.111. The minimum absolute atomic E-state index is 0.0692. The van der Waals surface area contributed by atoms with E-state index in [1.165, 1.54) is 23.5 Å². The largest absolute Gasteiger partial charge is 0.318 e. The number of non-ortho nitro benzene ring substituents is 1. The van der Waals surface area contributed by atoms with Gasteiger partial charge in [0, 0.05) is 29.6 Å². The van der Waals surface area contributed by atoms with Crippen LogP contribution in [0.5, 0.6) is 0 Å². The summed E-state index contributed by atoms with van der Waals surface area (Å²) in [6, 6.07) is 13.9. The lowest BCUT2D eigenvalue weighted by Crippen LogP contribution is -2.11. The molecule has 0 amide bonds. The molecule has 0 radical (unpaired) electrons. The van der Waals surface area contributed by atoms with Crippen LogP contribution in [-0.4, -0.2) is 15.2 Å².